The number of hydrogen-bond acceptors (Lipinski definition) is 6. The third-order valence-corrected chi connectivity index (χ3v) is 8.43. The van der Waals surface area contributed by atoms with Gasteiger partial charge in [-0.05, 0) is 71.8 Å². The molecule has 5 aromatic rings. The lowest BCUT2D eigenvalue weighted by Gasteiger charge is -2.23. The predicted octanol–water partition coefficient (Wildman–Crippen LogP) is 5.83. The van der Waals surface area contributed by atoms with Crippen molar-refractivity contribution in [3.05, 3.63) is 117 Å². The third kappa shape index (κ3) is 7.66. The van der Waals surface area contributed by atoms with Gasteiger partial charge in [-0.15, -0.1) is 0 Å². The number of hydrogen-bond donors (Lipinski definition) is 4. The van der Waals surface area contributed by atoms with Crippen molar-refractivity contribution in [1.29, 1.82) is 0 Å². The molecule has 0 aliphatic carbocycles. The molecule has 0 fully saturated rings. The zero-order chi connectivity index (χ0) is 32.8. The maximum atomic E-state index is 14.2. The number of amides is 1. The highest BCUT2D eigenvalue weighted by molar-refractivity contribution is 6.35. The Hall–Kier alpha value is -4.06. The van der Waals surface area contributed by atoms with E-state index < -0.39 is 23.6 Å². The van der Waals surface area contributed by atoms with Crippen LogP contribution in [-0.2, 0) is 17.9 Å². The molecule has 0 radical (unpaired) electrons. The molecule has 0 bridgehead atoms. The van der Waals surface area contributed by atoms with Crippen LogP contribution in [-0.4, -0.2) is 52.0 Å². The van der Waals surface area contributed by atoms with Gasteiger partial charge in [-0.2, -0.15) is 0 Å². The molecule has 5 rings (SSSR count). The number of nitrogens with zero attached hydrogens (tertiary/aromatic N) is 3. The number of halogens is 4. The summed E-state index contributed by atoms with van der Waals surface area (Å²) in [5.74, 6) is -1.78. The highest BCUT2D eigenvalue weighted by atomic mass is 35.5. The molecule has 46 heavy (non-hydrogen) atoms. The van der Waals surface area contributed by atoms with Crippen LogP contribution >= 0.6 is 23.2 Å². The summed E-state index contributed by atoms with van der Waals surface area (Å²) in [6.45, 7) is 1.09. The summed E-state index contributed by atoms with van der Waals surface area (Å²) in [6, 6.07) is 21.7. The first-order chi connectivity index (χ1) is 22.2. The Morgan fingerprint density at radius 1 is 0.935 bits per heavy atom. The van der Waals surface area contributed by atoms with Crippen molar-refractivity contribution in [1.82, 2.24) is 14.9 Å². The van der Waals surface area contributed by atoms with Crippen molar-refractivity contribution in [3.8, 4) is 11.4 Å². The van der Waals surface area contributed by atoms with Crippen molar-refractivity contribution in [2.24, 2.45) is 5.73 Å². The minimum atomic E-state index is -0.943. The lowest BCUT2D eigenvalue weighted by Crippen LogP contribution is -2.29. The fourth-order valence-electron chi connectivity index (χ4n) is 5.43. The van der Waals surface area contributed by atoms with Gasteiger partial charge in [-0.1, -0.05) is 41.4 Å². The van der Waals surface area contributed by atoms with Crippen LogP contribution in [0.2, 0.25) is 10.0 Å². The largest absolute Gasteiger partial charge is 0.395 e. The van der Waals surface area contributed by atoms with Gasteiger partial charge in [0.15, 0.2) is 11.6 Å². The van der Waals surface area contributed by atoms with Crippen LogP contribution in [0.25, 0.3) is 22.4 Å². The molecular formula is C34H33Cl2F2N5O3. The number of aliphatic hydroxyl groups is 2. The lowest BCUT2D eigenvalue weighted by atomic mass is 10.0. The molecule has 1 aromatic heterocycles. The first-order valence-corrected chi connectivity index (χ1v) is 15.4. The summed E-state index contributed by atoms with van der Waals surface area (Å²) in [5.41, 5.74) is 10.6. The quantitative estimate of drug-likeness (QED) is 0.118. The molecule has 1 amide bonds. The van der Waals surface area contributed by atoms with E-state index in [1.165, 1.54) is 6.07 Å². The van der Waals surface area contributed by atoms with Crippen LogP contribution in [0.4, 0.5) is 14.5 Å². The molecule has 0 spiro atoms. The molecule has 0 aliphatic heterocycles. The Morgan fingerprint density at radius 2 is 1.63 bits per heavy atom. The number of anilines is 1. The molecular weight excluding hydrogens is 635 g/mol. The first-order valence-electron chi connectivity index (χ1n) is 14.6. The fraction of sp³-hybridized carbons (Fsp3) is 0.235. The van der Waals surface area contributed by atoms with Crippen molar-refractivity contribution in [3.63, 3.8) is 0 Å². The Kier molecular flexibility index (Phi) is 10.9. The monoisotopic (exact) mass is 667 g/mol. The fourth-order valence-corrected chi connectivity index (χ4v) is 5.96. The third-order valence-electron chi connectivity index (χ3n) is 7.72. The van der Waals surface area contributed by atoms with Crippen LogP contribution in [0.1, 0.15) is 29.2 Å². The standard InChI is InChI=1S/C34H33Cl2F2N5O3/c35-26-2-1-3-27(36)25(26)19-40-30(18-33(39)46)23-7-11-32-31(17-23)41-34(43(32)20-21-4-10-28(37)29(38)16-21)22-5-8-24(9-6-22)42(12-14-44)13-15-45/h1-11,16-17,30,40,44-45H,12-15,18-20H2,(H2,39,46). The van der Waals surface area contributed by atoms with Crippen LogP contribution < -0.4 is 16.0 Å². The smallest absolute Gasteiger partial charge is 0.219 e. The molecule has 12 heteroatoms. The number of aromatic nitrogens is 2. The summed E-state index contributed by atoms with van der Waals surface area (Å²) in [4.78, 5) is 18.9. The Bertz CT molecular complexity index is 1810. The van der Waals surface area contributed by atoms with Crippen molar-refractivity contribution >= 4 is 45.8 Å². The summed E-state index contributed by atoms with van der Waals surface area (Å²) < 4.78 is 29.8. The minimum absolute atomic E-state index is 0.00957. The summed E-state index contributed by atoms with van der Waals surface area (Å²) in [7, 11) is 0. The minimum Gasteiger partial charge on any atom is -0.395 e. The van der Waals surface area contributed by atoms with E-state index in [0.717, 1.165) is 34.5 Å². The van der Waals surface area contributed by atoms with Crippen LogP contribution in [0.15, 0.2) is 78.9 Å². The second kappa shape index (κ2) is 15.0. The van der Waals surface area contributed by atoms with E-state index in [9.17, 15) is 23.8 Å². The highest BCUT2D eigenvalue weighted by Crippen LogP contribution is 2.31. The Labute approximate surface area is 275 Å². The number of nitrogens with two attached hydrogens (primary N) is 1. The van der Waals surface area contributed by atoms with E-state index in [4.69, 9.17) is 33.9 Å². The second-order valence-electron chi connectivity index (χ2n) is 10.8. The summed E-state index contributed by atoms with van der Waals surface area (Å²) >= 11 is 12.7. The Balaban J connectivity index is 1.55. The van der Waals surface area contributed by atoms with E-state index >= 15 is 0 Å². The first kappa shape index (κ1) is 33.3. The van der Waals surface area contributed by atoms with E-state index in [2.05, 4.69) is 5.32 Å². The van der Waals surface area contributed by atoms with Gasteiger partial charge in [-0.3, -0.25) is 4.79 Å². The molecule has 240 valence electrons. The number of benzene rings is 4. The normalized spacial score (nSPS) is 12.0. The van der Waals surface area contributed by atoms with Gasteiger partial charge >= 0.3 is 0 Å². The van der Waals surface area contributed by atoms with Gasteiger partial charge in [0.25, 0.3) is 0 Å². The number of primary amides is 1. The van der Waals surface area contributed by atoms with E-state index in [0.29, 0.717) is 52.1 Å². The topological polar surface area (TPSA) is 117 Å². The highest BCUT2D eigenvalue weighted by Gasteiger charge is 2.20. The summed E-state index contributed by atoms with van der Waals surface area (Å²) in [6.07, 6.45) is 0.00957. The maximum absolute atomic E-state index is 14.2. The molecule has 1 unspecified atom stereocenters. The number of imidazole rings is 1. The zero-order valence-electron chi connectivity index (χ0n) is 24.8. The number of carbonyl (C=O) groups is 1. The molecule has 1 atom stereocenters. The average Bonchev–Trinajstić information content (AvgIpc) is 3.39. The Morgan fingerprint density at radius 3 is 2.26 bits per heavy atom. The van der Waals surface area contributed by atoms with Crippen molar-refractivity contribution in [2.45, 2.75) is 25.6 Å². The molecule has 1 heterocycles. The molecule has 0 saturated heterocycles. The molecule has 0 aliphatic rings. The average molecular weight is 669 g/mol. The van der Waals surface area contributed by atoms with E-state index in [1.807, 2.05) is 51.9 Å². The number of fused-ring (bicyclic) bond motifs is 1. The zero-order valence-corrected chi connectivity index (χ0v) is 26.3. The van der Waals surface area contributed by atoms with Gasteiger partial charge in [-0.25, -0.2) is 13.8 Å². The number of aliphatic hydroxyl groups excluding tert-OH is 2. The van der Waals surface area contributed by atoms with E-state index in [1.54, 1.807) is 18.2 Å². The maximum Gasteiger partial charge on any atom is 0.219 e. The second-order valence-corrected chi connectivity index (χ2v) is 11.6. The number of nitrogens with one attached hydrogen (secondary N) is 1. The van der Waals surface area contributed by atoms with Crippen LogP contribution in [0.5, 0.6) is 0 Å². The molecule has 4 aromatic carbocycles. The van der Waals surface area contributed by atoms with Crippen LogP contribution in [0, 0.1) is 11.6 Å². The van der Waals surface area contributed by atoms with Gasteiger partial charge < -0.3 is 30.7 Å². The summed E-state index contributed by atoms with van der Waals surface area (Å²) in [5, 5.41) is 23.2. The van der Waals surface area contributed by atoms with Gasteiger partial charge in [0.2, 0.25) is 5.91 Å². The van der Waals surface area contributed by atoms with Crippen molar-refractivity contribution in [2.75, 3.05) is 31.2 Å². The van der Waals surface area contributed by atoms with Crippen LogP contribution in [0.3, 0.4) is 0 Å². The SMILES string of the molecule is NC(=O)CC(NCc1c(Cl)cccc1Cl)c1ccc2c(c1)nc(-c1ccc(N(CCO)CCO)cc1)n2Cc1ccc(F)c(F)c1. The molecule has 0 saturated carbocycles. The van der Waals surface area contributed by atoms with Gasteiger partial charge in [0.05, 0.1) is 24.2 Å². The van der Waals surface area contributed by atoms with Gasteiger partial charge in [0, 0.05) is 65.5 Å². The number of carbonyl (C=O) groups excluding carboxylic acids is 1. The van der Waals surface area contributed by atoms with Gasteiger partial charge in [0.1, 0.15) is 5.82 Å². The predicted molar refractivity (Wildman–Crippen MR) is 177 cm³/mol. The van der Waals surface area contributed by atoms with Crippen molar-refractivity contribution < 1.29 is 23.8 Å². The lowest BCUT2D eigenvalue weighted by molar-refractivity contribution is -0.118. The number of rotatable bonds is 14. The molecule has 5 N–H and O–H groups in total. The van der Waals surface area contributed by atoms with E-state index in [-0.39, 0.29) is 26.2 Å². The molecule has 8 nitrogen and oxygen atoms in total.